The second-order valence-electron chi connectivity index (χ2n) is 5.39. The van der Waals surface area contributed by atoms with Crippen LogP contribution in [0.5, 0.6) is 5.75 Å². The van der Waals surface area contributed by atoms with Crippen molar-refractivity contribution in [3.63, 3.8) is 0 Å². The fourth-order valence-electron chi connectivity index (χ4n) is 2.92. The van der Waals surface area contributed by atoms with E-state index in [9.17, 15) is 5.11 Å². The van der Waals surface area contributed by atoms with Crippen LogP contribution in [0.3, 0.4) is 0 Å². The smallest absolute Gasteiger partial charge is 0.132 e. The molecule has 106 valence electrons. The van der Waals surface area contributed by atoms with Crippen molar-refractivity contribution in [2.45, 2.75) is 18.9 Å². The number of fused-ring (bicyclic) bond motifs is 1. The van der Waals surface area contributed by atoms with Crippen LogP contribution in [0.15, 0.2) is 42.5 Å². The second-order valence-corrected chi connectivity index (χ2v) is 5.39. The van der Waals surface area contributed by atoms with E-state index in [0.29, 0.717) is 0 Å². The second kappa shape index (κ2) is 4.90. The summed E-state index contributed by atoms with van der Waals surface area (Å²) in [6, 6.07) is 13.7. The Bertz CT molecular complexity index is 788. The van der Waals surface area contributed by atoms with E-state index in [0.717, 1.165) is 47.2 Å². The summed E-state index contributed by atoms with van der Waals surface area (Å²) in [7, 11) is 0. The van der Waals surface area contributed by atoms with E-state index in [2.05, 4.69) is 10.2 Å². The number of ether oxygens (including phenoxy) is 1. The van der Waals surface area contributed by atoms with E-state index in [1.54, 1.807) is 0 Å². The van der Waals surface area contributed by atoms with E-state index in [1.807, 2.05) is 42.5 Å². The molecule has 3 aromatic rings. The lowest BCUT2D eigenvalue weighted by Gasteiger charge is -2.06. The van der Waals surface area contributed by atoms with Gasteiger partial charge < -0.3 is 9.84 Å². The fraction of sp³-hybridized carbons (Fsp3) is 0.235. The Hall–Kier alpha value is -2.33. The van der Waals surface area contributed by atoms with Gasteiger partial charge >= 0.3 is 0 Å². The molecule has 0 spiro atoms. The highest BCUT2D eigenvalue weighted by Gasteiger charge is 2.21. The molecular weight excluding hydrogens is 264 g/mol. The van der Waals surface area contributed by atoms with Gasteiger partial charge in [0.25, 0.3) is 0 Å². The van der Waals surface area contributed by atoms with Gasteiger partial charge in [0.1, 0.15) is 5.75 Å². The highest BCUT2D eigenvalue weighted by molar-refractivity contribution is 5.94. The van der Waals surface area contributed by atoms with Crippen molar-refractivity contribution in [2.24, 2.45) is 0 Å². The van der Waals surface area contributed by atoms with Gasteiger partial charge in [0.2, 0.25) is 0 Å². The average Bonchev–Trinajstić information content (AvgIpc) is 3.19. The van der Waals surface area contributed by atoms with Crippen molar-refractivity contribution in [3.8, 4) is 17.0 Å². The zero-order valence-electron chi connectivity index (χ0n) is 11.5. The third kappa shape index (κ3) is 2.08. The number of aromatic nitrogens is 2. The predicted octanol–water partition coefficient (Wildman–Crippen LogP) is 3.79. The molecule has 4 rings (SSSR count). The molecule has 1 aliphatic heterocycles. The van der Waals surface area contributed by atoms with Gasteiger partial charge in [-0.3, -0.25) is 5.10 Å². The lowest BCUT2D eigenvalue weighted by Crippen LogP contribution is -1.95. The first-order valence-corrected chi connectivity index (χ1v) is 7.21. The first kappa shape index (κ1) is 12.4. The minimum absolute atomic E-state index is 0.105. The molecule has 1 saturated heterocycles. The van der Waals surface area contributed by atoms with Crippen molar-refractivity contribution in [1.82, 2.24) is 10.2 Å². The Kier molecular flexibility index (Phi) is 2.89. The monoisotopic (exact) mass is 280 g/mol. The van der Waals surface area contributed by atoms with E-state index in [4.69, 9.17) is 4.74 Å². The number of H-pyrrole nitrogens is 1. The van der Waals surface area contributed by atoms with Gasteiger partial charge in [0.15, 0.2) is 0 Å². The molecular formula is C17H16N2O2. The third-order valence-electron chi connectivity index (χ3n) is 4.05. The number of nitrogens with one attached hydrogen (secondary N) is 1. The van der Waals surface area contributed by atoms with Crippen molar-refractivity contribution in [1.29, 1.82) is 0 Å². The molecule has 2 heterocycles. The quantitative estimate of drug-likeness (QED) is 0.751. The molecule has 0 amide bonds. The zero-order chi connectivity index (χ0) is 14.2. The van der Waals surface area contributed by atoms with E-state index < -0.39 is 0 Å². The van der Waals surface area contributed by atoms with Crippen LogP contribution < -0.4 is 0 Å². The summed E-state index contributed by atoms with van der Waals surface area (Å²) >= 11 is 0. The van der Waals surface area contributed by atoms with Crippen LogP contribution in [-0.4, -0.2) is 21.9 Å². The fourth-order valence-corrected chi connectivity index (χ4v) is 2.92. The number of benzene rings is 2. The predicted molar refractivity (Wildman–Crippen MR) is 81.1 cm³/mol. The Balaban J connectivity index is 1.77. The molecule has 1 aliphatic rings. The van der Waals surface area contributed by atoms with Crippen LogP contribution >= 0.6 is 0 Å². The summed E-state index contributed by atoms with van der Waals surface area (Å²) in [6.07, 6.45) is 2.21. The maximum Gasteiger partial charge on any atom is 0.132 e. The van der Waals surface area contributed by atoms with Crippen molar-refractivity contribution in [2.75, 3.05) is 6.61 Å². The maximum absolute atomic E-state index is 10.5. The lowest BCUT2D eigenvalue weighted by atomic mass is 10.0. The number of hydrogen-bond donors (Lipinski definition) is 2. The first-order chi connectivity index (χ1) is 10.3. The van der Waals surface area contributed by atoms with Gasteiger partial charge in [-0.2, -0.15) is 5.10 Å². The van der Waals surface area contributed by atoms with Crippen LogP contribution in [0.25, 0.3) is 22.0 Å². The molecule has 0 saturated carbocycles. The third-order valence-corrected chi connectivity index (χ3v) is 4.05. The van der Waals surface area contributed by atoms with Crippen LogP contribution in [0.4, 0.5) is 0 Å². The zero-order valence-corrected chi connectivity index (χ0v) is 11.5. The number of rotatable bonds is 2. The highest BCUT2D eigenvalue weighted by Crippen LogP contribution is 2.36. The molecule has 0 bridgehead atoms. The van der Waals surface area contributed by atoms with Gasteiger partial charge in [0, 0.05) is 17.6 Å². The Labute approximate surface area is 122 Å². The SMILES string of the molecule is Oc1c(-c2cc(C3CCCO3)[nH]n2)ccc2ccccc12. The summed E-state index contributed by atoms with van der Waals surface area (Å²) in [5.41, 5.74) is 2.48. The molecule has 0 radical (unpaired) electrons. The minimum Gasteiger partial charge on any atom is -0.507 e. The van der Waals surface area contributed by atoms with Gasteiger partial charge in [0.05, 0.1) is 17.5 Å². The van der Waals surface area contributed by atoms with Gasteiger partial charge in [-0.1, -0.05) is 30.3 Å². The molecule has 2 N–H and O–H groups in total. The highest BCUT2D eigenvalue weighted by atomic mass is 16.5. The number of aromatic hydroxyl groups is 1. The molecule has 1 fully saturated rings. The summed E-state index contributed by atoms with van der Waals surface area (Å²) in [6.45, 7) is 0.806. The summed E-state index contributed by atoms with van der Waals surface area (Å²) in [5.74, 6) is 0.276. The van der Waals surface area contributed by atoms with Crippen molar-refractivity contribution >= 4 is 10.8 Å². The van der Waals surface area contributed by atoms with Crippen molar-refractivity contribution < 1.29 is 9.84 Å². The van der Waals surface area contributed by atoms with Crippen LogP contribution in [-0.2, 0) is 4.74 Å². The average molecular weight is 280 g/mol. The lowest BCUT2D eigenvalue weighted by molar-refractivity contribution is 0.108. The first-order valence-electron chi connectivity index (χ1n) is 7.21. The van der Waals surface area contributed by atoms with Gasteiger partial charge in [-0.15, -0.1) is 0 Å². The number of aromatic amines is 1. The topological polar surface area (TPSA) is 58.1 Å². The summed E-state index contributed by atoms with van der Waals surface area (Å²) in [5, 5.41) is 19.7. The van der Waals surface area contributed by atoms with E-state index in [1.165, 1.54) is 0 Å². The van der Waals surface area contributed by atoms with Crippen LogP contribution in [0.2, 0.25) is 0 Å². The van der Waals surface area contributed by atoms with Crippen LogP contribution in [0.1, 0.15) is 24.6 Å². The van der Waals surface area contributed by atoms with E-state index in [-0.39, 0.29) is 11.9 Å². The van der Waals surface area contributed by atoms with Crippen molar-refractivity contribution in [3.05, 3.63) is 48.2 Å². The van der Waals surface area contributed by atoms with E-state index >= 15 is 0 Å². The number of nitrogens with zero attached hydrogens (tertiary/aromatic N) is 1. The summed E-state index contributed by atoms with van der Waals surface area (Å²) in [4.78, 5) is 0. The maximum atomic E-state index is 10.5. The van der Waals surface area contributed by atoms with Gasteiger partial charge in [-0.05, 0) is 30.4 Å². The molecule has 1 unspecified atom stereocenters. The molecule has 4 nitrogen and oxygen atoms in total. The standard InChI is InChI=1S/C17H16N2O2/c20-17-12-5-2-1-4-11(12)7-8-13(17)14-10-15(19-18-14)16-6-3-9-21-16/h1-2,4-5,7-8,10,16,20H,3,6,9H2,(H,18,19). The summed E-state index contributed by atoms with van der Waals surface area (Å²) < 4.78 is 5.65. The molecule has 4 heteroatoms. The van der Waals surface area contributed by atoms with Crippen LogP contribution in [0, 0.1) is 0 Å². The van der Waals surface area contributed by atoms with Gasteiger partial charge in [-0.25, -0.2) is 0 Å². The molecule has 1 aromatic heterocycles. The largest absolute Gasteiger partial charge is 0.507 e. The molecule has 0 aliphatic carbocycles. The number of phenols is 1. The Morgan fingerprint density at radius 1 is 1.19 bits per heavy atom. The molecule has 1 atom stereocenters. The Morgan fingerprint density at radius 2 is 2.10 bits per heavy atom. The number of hydrogen-bond acceptors (Lipinski definition) is 3. The minimum atomic E-state index is 0.105. The normalized spacial score (nSPS) is 18.4. The Morgan fingerprint density at radius 3 is 2.95 bits per heavy atom. The number of phenolic OH excluding ortho intramolecular Hbond substituents is 1. The molecule has 21 heavy (non-hydrogen) atoms. The molecule has 2 aromatic carbocycles.